The maximum atomic E-state index is 13.0. The highest BCUT2D eigenvalue weighted by atomic mass is 19.4. The van der Waals surface area contributed by atoms with Gasteiger partial charge in [0.2, 0.25) is 11.8 Å². The average Bonchev–Trinajstić information content (AvgIpc) is 0.790. The first kappa shape index (κ1) is 90.3. The van der Waals surface area contributed by atoms with Crippen LogP contribution in [0.1, 0.15) is 127 Å². The van der Waals surface area contributed by atoms with E-state index in [1.165, 1.54) is 81.9 Å². The zero-order valence-corrected chi connectivity index (χ0v) is 67.2. The Kier molecular flexibility index (Phi) is 32.4. The van der Waals surface area contributed by atoms with Crippen molar-refractivity contribution < 1.29 is 81.2 Å². The molecule has 122 heavy (non-hydrogen) atoms. The highest BCUT2D eigenvalue weighted by Gasteiger charge is 2.35. The van der Waals surface area contributed by atoms with Gasteiger partial charge in [-0.15, -0.1) is 0 Å². The monoisotopic (exact) mass is 1680 g/mol. The predicted octanol–water partition coefficient (Wildman–Crippen LogP) is 22.2. The Hall–Kier alpha value is -12.4. The molecule has 2 unspecified atom stereocenters. The van der Waals surface area contributed by atoms with E-state index in [1.807, 2.05) is 115 Å². The predicted molar refractivity (Wildman–Crippen MR) is 441 cm³/mol. The SMILES string of the molecule is Cc1ccccc1CN(CCCOc1ccc(C(F)(F)F)cc1)Cc1cccnc1.Cc1ccccc1CN(Cc1cccnc1)C(=O)CCOc1ccc(C(F)(F)F)cc1.FC(F)(F)c1ccc(OCCCN2Cc3ccccc3CC2c2cccnc2)cc1.O=C(CCOc1ccc(C(F)(F)F)cc1)N1Cc2ccccc2CC1c1cccnc1. The van der Waals surface area contributed by atoms with Gasteiger partial charge in [0.1, 0.15) is 23.0 Å². The molecule has 0 spiro atoms. The molecule has 4 aromatic heterocycles. The average molecular weight is 1680 g/mol. The van der Waals surface area contributed by atoms with E-state index < -0.39 is 47.0 Å². The molecular weight excluding hydrogens is 1590 g/mol. The number of nitrogens with zero attached hydrogens (tertiary/aromatic N) is 8. The summed E-state index contributed by atoms with van der Waals surface area (Å²) in [6.07, 6.45) is 0.148. The van der Waals surface area contributed by atoms with E-state index in [0.717, 1.165) is 134 Å². The molecule has 0 saturated heterocycles. The van der Waals surface area contributed by atoms with Crippen LogP contribution in [0.4, 0.5) is 52.7 Å². The van der Waals surface area contributed by atoms with Crippen LogP contribution in [-0.2, 0) is 86.4 Å². The topological polar surface area (TPSA) is 136 Å². The van der Waals surface area contributed by atoms with Crippen molar-refractivity contribution in [3.8, 4) is 23.0 Å². The fraction of sp³-hybridized carbons (Fsp3) is 0.271. The van der Waals surface area contributed by atoms with Gasteiger partial charge in [-0.25, -0.2) is 0 Å². The number of carbonyl (C=O) groups excluding carboxylic acids is 2. The summed E-state index contributed by atoms with van der Waals surface area (Å²) in [5.74, 6) is 1.30. The lowest BCUT2D eigenvalue weighted by Gasteiger charge is -2.37. The molecular formula is C96H92F12N8O6. The van der Waals surface area contributed by atoms with E-state index in [9.17, 15) is 62.3 Å². The summed E-state index contributed by atoms with van der Waals surface area (Å²) in [4.78, 5) is 51.0. The van der Waals surface area contributed by atoms with Crippen molar-refractivity contribution in [2.75, 3.05) is 39.5 Å². The van der Waals surface area contributed by atoms with Crippen molar-refractivity contribution in [3.05, 3.63) is 381 Å². The van der Waals surface area contributed by atoms with Crippen LogP contribution in [0.2, 0.25) is 0 Å². The Bertz CT molecular complexity index is 5200. The highest BCUT2D eigenvalue weighted by molar-refractivity contribution is 5.77. The third-order valence-electron chi connectivity index (χ3n) is 20.6. The molecule has 2 aliphatic heterocycles. The van der Waals surface area contributed by atoms with E-state index in [2.05, 4.69) is 91.3 Å². The molecule has 0 N–H and O–H groups in total. The zero-order chi connectivity index (χ0) is 86.5. The third kappa shape index (κ3) is 27.8. The minimum Gasteiger partial charge on any atom is -0.494 e. The summed E-state index contributed by atoms with van der Waals surface area (Å²) in [7, 11) is 0. The number of ether oxygens (including phenoxy) is 4. The van der Waals surface area contributed by atoms with Gasteiger partial charge in [0.05, 0.1) is 67.6 Å². The summed E-state index contributed by atoms with van der Waals surface area (Å²) in [5.41, 5.74) is 11.1. The fourth-order valence-corrected chi connectivity index (χ4v) is 14.0. The molecule has 2 atom stereocenters. The summed E-state index contributed by atoms with van der Waals surface area (Å²) in [5, 5.41) is 0. The minimum atomic E-state index is -4.39. The van der Waals surface area contributed by atoms with Crippen LogP contribution in [0, 0.1) is 13.8 Å². The number of halogens is 12. The summed E-state index contributed by atoms with van der Waals surface area (Å²) >= 11 is 0. The molecule has 26 heteroatoms. The molecule has 0 saturated carbocycles. The standard InChI is InChI=1S/C24H21F3N2O2.C24H23F3N2O2.C24H23F3N2O.C24H25F3N2O/c25-24(26,27)20-7-9-21(10-8-20)31-13-11-23(30)29-16-19-5-2-1-4-17(19)14-22(29)18-6-3-12-28-15-18;1-18-5-2-3-7-20(18)17-29(16-19-6-4-13-28-15-19)23(30)12-14-31-22-10-8-21(9-11-22)24(25,26)27;25-24(26,27)21-8-10-22(11-9-21)30-14-4-13-29-17-20-6-2-1-5-18(20)15-23(29)19-7-3-12-28-16-19;1-19-6-2-3-8-21(19)18-29(17-20-7-4-13-28-16-20)14-5-15-30-23-11-9-22(10-12-23)24(25,26)27/h1-10,12,15,22H,11,13-14,16H2;2-11,13,15H,12,14,16-17H2,1H3;1-3,5-12,16,23H,4,13-15,17H2;2-4,6-13,16H,5,14-15,17-18H2,1H3. The van der Waals surface area contributed by atoms with Gasteiger partial charge in [-0.1, -0.05) is 121 Å². The fourth-order valence-electron chi connectivity index (χ4n) is 14.0. The lowest BCUT2D eigenvalue weighted by molar-refractivity contribution is -0.138. The Balaban J connectivity index is 0.000000159. The first-order chi connectivity index (χ1) is 58.7. The Morgan fingerprint density at radius 1 is 0.377 bits per heavy atom. The van der Waals surface area contributed by atoms with Crippen LogP contribution in [0.15, 0.2) is 292 Å². The zero-order valence-electron chi connectivity index (χ0n) is 67.2. The molecule has 0 bridgehead atoms. The molecule has 2 aliphatic rings. The van der Waals surface area contributed by atoms with Crippen molar-refractivity contribution in [2.45, 2.75) is 128 Å². The van der Waals surface area contributed by atoms with Crippen LogP contribution in [-0.4, -0.2) is 90.9 Å². The number of amides is 2. The third-order valence-corrected chi connectivity index (χ3v) is 20.6. The van der Waals surface area contributed by atoms with Crippen molar-refractivity contribution in [1.29, 1.82) is 0 Å². The Morgan fingerprint density at radius 2 is 0.754 bits per heavy atom. The van der Waals surface area contributed by atoms with Gasteiger partial charge in [-0.2, -0.15) is 52.7 Å². The second-order valence-electron chi connectivity index (χ2n) is 29.3. The van der Waals surface area contributed by atoms with E-state index in [-0.39, 0.29) is 50.0 Å². The van der Waals surface area contributed by atoms with Gasteiger partial charge < -0.3 is 28.7 Å². The van der Waals surface area contributed by atoms with Crippen molar-refractivity contribution >= 4 is 11.8 Å². The van der Waals surface area contributed by atoms with Gasteiger partial charge >= 0.3 is 24.7 Å². The first-order valence-corrected chi connectivity index (χ1v) is 39.7. The first-order valence-electron chi connectivity index (χ1n) is 39.7. The van der Waals surface area contributed by atoms with Gasteiger partial charge in [-0.3, -0.25) is 39.3 Å². The van der Waals surface area contributed by atoms with Crippen LogP contribution < -0.4 is 18.9 Å². The molecule has 6 heterocycles. The summed E-state index contributed by atoms with van der Waals surface area (Å²) in [6, 6.07) is 67.0. The lowest BCUT2D eigenvalue weighted by atomic mass is 9.90. The van der Waals surface area contributed by atoms with Gasteiger partial charge in [0.25, 0.3) is 0 Å². The number of rotatable bonds is 28. The van der Waals surface area contributed by atoms with Crippen molar-refractivity contribution in [2.24, 2.45) is 0 Å². The number of fused-ring (bicyclic) bond motifs is 2. The summed E-state index contributed by atoms with van der Waals surface area (Å²) in [6.45, 7) is 10.5. The van der Waals surface area contributed by atoms with Crippen LogP contribution in [0.5, 0.6) is 23.0 Å². The minimum absolute atomic E-state index is 0.0709. The van der Waals surface area contributed by atoms with Crippen molar-refractivity contribution in [1.82, 2.24) is 39.5 Å². The second kappa shape index (κ2) is 43.7. The van der Waals surface area contributed by atoms with E-state index in [4.69, 9.17) is 18.9 Å². The van der Waals surface area contributed by atoms with Gasteiger partial charge in [-0.05, 0) is 228 Å². The molecule has 636 valence electrons. The molecule has 12 aromatic rings. The summed E-state index contributed by atoms with van der Waals surface area (Å²) < 4.78 is 174. The highest BCUT2D eigenvalue weighted by Crippen LogP contribution is 2.38. The molecule has 0 radical (unpaired) electrons. The van der Waals surface area contributed by atoms with E-state index in [1.54, 1.807) is 42.1 Å². The maximum Gasteiger partial charge on any atom is 0.416 e. The number of benzene rings is 8. The molecule has 2 amide bonds. The molecule has 0 fully saturated rings. The van der Waals surface area contributed by atoms with Crippen molar-refractivity contribution in [3.63, 3.8) is 0 Å². The number of hydrogen-bond acceptors (Lipinski definition) is 12. The van der Waals surface area contributed by atoms with E-state index >= 15 is 0 Å². The normalized spacial score (nSPS) is 13.9. The van der Waals surface area contributed by atoms with Crippen LogP contribution in [0.3, 0.4) is 0 Å². The molecule has 14 rings (SSSR count). The van der Waals surface area contributed by atoms with Crippen LogP contribution in [0.25, 0.3) is 0 Å². The largest absolute Gasteiger partial charge is 0.494 e. The van der Waals surface area contributed by atoms with Crippen LogP contribution >= 0.6 is 0 Å². The van der Waals surface area contributed by atoms with Gasteiger partial charge in [0, 0.05) is 108 Å². The van der Waals surface area contributed by atoms with Gasteiger partial charge in [0.15, 0.2) is 0 Å². The molecule has 8 aromatic carbocycles. The number of aryl methyl sites for hydroxylation is 2. The number of alkyl halides is 12. The lowest BCUT2D eigenvalue weighted by Crippen LogP contribution is -2.39. The number of aromatic nitrogens is 4. The number of pyridine rings is 4. The Labute approximate surface area is 701 Å². The maximum absolute atomic E-state index is 13.0. The Morgan fingerprint density at radius 3 is 1.19 bits per heavy atom. The molecule has 0 aliphatic carbocycles. The second-order valence-corrected chi connectivity index (χ2v) is 29.3. The van der Waals surface area contributed by atoms with E-state index in [0.29, 0.717) is 62.3 Å². The quantitative estimate of drug-likeness (QED) is 0.0341. The smallest absolute Gasteiger partial charge is 0.416 e. The molecule has 14 nitrogen and oxygen atoms in total. The number of carbonyl (C=O) groups is 2. The number of hydrogen-bond donors (Lipinski definition) is 0.